The molecule has 0 radical (unpaired) electrons. The highest BCUT2D eigenvalue weighted by atomic mass is 19.2. The number of benzene rings is 1. The molecule has 0 spiro atoms. The molecule has 3 rings (SSSR count). The average Bonchev–Trinajstić information content (AvgIpc) is 2.43. The van der Waals surface area contributed by atoms with Gasteiger partial charge >= 0.3 is 0 Å². The van der Waals surface area contributed by atoms with E-state index >= 15 is 0 Å². The van der Waals surface area contributed by atoms with E-state index in [2.05, 4.69) is 6.92 Å². The first-order valence-corrected chi connectivity index (χ1v) is 7.69. The molecule has 0 aromatic heterocycles. The molecule has 0 amide bonds. The van der Waals surface area contributed by atoms with Gasteiger partial charge in [-0.05, 0) is 73.5 Å². The molecule has 20 heavy (non-hydrogen) atoms. The fourth-order valence-corrected chi connectivity index (χ4v) is 4.24. The molecule has 4 unspecified atom stereocenters. The van der Waals surface area contributed by atoms with E-state index in [0.717, 1.165) is 31.1 Å². The fraction of sp³-hybridized carbons (Fsp3) is 0.647. The lowest BCUT2D eigenvalue weighted by molar-refractivity contribution is 0.124. The van der Waals surface area contributed by atoms with Crippen molar-refractivity contribution in [2.75, 3.05) is 0 Å². The van der Waals surface area contributed by atoms with Gasteiger partial charge in [-0.1, -0.05) is 13.3 Å². The summed E-state index contributed by atoms with van der Waals surface area (Å²) in [5.41, 5.74) is 0.637. The largest absolute Gasteiger partial charge is 0.204 e. The molecule has 2 fully saturated rings. The molecule has 2 aliphatic rings. The molecule has 0 saturated heterocycles. The van der Waals surface area contributed by atoms with Crippen LogP contribution in [0.15, 0.2) is 12.1 Å². The number of halogens is 3. The van der Waals surface area contributed by atoms with Gasteiger partial charge in [0, 0.05) is 2.85 Å². The standard InChI is InChI=1S/C17H21F3.2H2/c1-10-2-3-12-7-13(5-4-11(12)6-10)14-8-15(18)17(20)16(19)9-14;;/h8-13H,2-7H2,1H3;2*1H. The first-order valence-electron chi connectivity index (χ1n) is 7.69. The minimum Gasteiger partial charge on any atom is -0.204 e. The third-order valence-electron chi connectivity index (χ3n) is 5.35. The average molecular weight is 286 g/mol. The second kappa shape index (κ2) is 5.42. The number of hydrogen-bond acceptors (Lipinski definition) is 0. The summed E-state index contributed by atoms with van der Waals surface area (Å²) in [6, 6.07) is 2.38. The summed E-state index contributed by atoms with van der Waals surface area (Å²) in [5.74, 6) is -0.998. The molecule has 4 atom stereocenters. The lowest BCUT2D eigenvalue weighted by atomic mass is 9.64. The minimum absolute atomic E-state index is 0. The lowest BCUT2D eigenvalue weighted by Crippen LogP contribution is -2.29. The van der Waals surface area contributed by atoms with Crippen LogP contribution in [-0.2, 0) is 0 Å². The van der Waals surface area contributed by atoms with Gasteiger partial charge in [-0.15, -0.1) is 0 Å². The zero-order chi connectivity index (χ0) is 14.3. The molecule has 2 aliphatic carbocycles. The number of fused-ring (bicyclic) bond motifs is 1. The van der Waals surface area contributed by atoms with Crippen molar-refractivity contribution in [3.05, 3.63) is 35.1 Å². The fourth-order valence-electron chi connectivity index (χ4n) is 4.24. The Morgan fingerprint density at radius 1 is 0.900 bits per heavy atom. The van der Waals surface area contributed by atoms with Gasteiger partial charge in [-0.2, -0.15) is 0 Å². The summed E-state index contributed by atoms with van der Waals surface area (Å²) in [5, 5.41) is 0. The van der Waals surface area contributed by atoms with E-state index in [9.17, 15) is 13.2 Å². The van der Waals surface area contributed by atoms with E-state index in [4.69, 9.17) is 0 Å². The van der Waals surface area contributed by atoms with Crippen molar-refractivity contribution in [2.45, 2.75) is 51.4 Å². The van der Waals surface area contributed by atoms with E-state index in [-0.39, 0.29) is 8.77 Å². The van der Waals surface area contributed by atoms with Crippen LogP contribution in [0.3, 0.4) is 0 Å². The van der Waals surface area contributed by atoms with Crippen LogP contribution in [0.2, 0.25) is 0 Å². The molecule has 3 heteroatoms. The van der Waals surface area contributed by atoms with Crippen molar-refractivity contribution in [1.29, 1.82) is 0 Å². The van der Waals surface area contributed by atoms with E-state index < -0.39 is 17.5 Å². The van der Waals surface area contributed by atoms with Crippen molar-refractivity contribution < 1.29 is 16.0 Å². The van der Waals surface area contributed by atoms with Crippen molar-refractivity contribution in [3.8, 4) is 0 Å². The van der Waals surface area contributed by atoms with Crippen LogP contribution in [0.25, 0.3) is 0 Å². The molecule has 0 N–H and O–H groups in total. The van der Waals surface area contributed by atoms with Crippen LogP contribution in [0.5, 0.6) is 0 Å². The molecule has 0 heterocycles. The van der Waals surface area contributed by atoms with Crippen LogP contribution in [0, 0.1) is 35.2 Å². The molecule has 0 aliphatic heterocycles. The first-order chi connectivity index (χ1) is 9.54. The zero-order valence-corrected chi connectivity index (χ0v) is 11.8. The predicted octanol–water partition coefficient (Wildman–Crippen LogP) is 5.92. The minimum atomic E-state index is -1.35. The van der Waals surface area contributed by atoms with Gasteiger partial charge in [0.05, 0.1) is 0 Å². The van der Waals surface area contributed by atoms with Crippen molar-refractivity contribution >= 4 is 0 Å². The predicted molar refractivity (Wildman–Crippen MR) is 77.1 cm³/mol. The zero-order valence-electron chi connectivity index (χ0n) is 11.8. The maximum Gasteiger partial charge on any atom is 0.194 e. The van der Waals surface area contributed by atoms with Crippen LogP contribution < -0.4 is 0 Å². The smallest absolute Gasteiger partial charge is 0.194 e. The van der Waals surface area contributed by atoms with Gasteiger partial charge in [-0.25, -0.2) is 13.2 Å². The number of rotatable bonds is 1. The molecule has 114 valence electrons. The van der Waals surface area contributed by atoms with E-state index in [1.54, 1.807) is 0 Å². The maximum absolute atomic E-state index is 13.4. The summed E-state index contributed by atoms with van der Waals surface area (Å²) in [4.78, 5) is 0. The Labute approximate surface area is 121 Å². The van der Waals surface area contributed by atoms with Crippen LogP contribution in [0.4, 0.5) is 13.2 Å². The quantitative estimate of drug-likeness (QED) is 0.562. The SMILES string of the molecule is CC1CCC2CC(c3cc(F)c(F)c(F)c3)CCC2C1.[HH].[HH]. The Hall–Kier alpha value is -0.990. The lowest BCUT2D eigenvalue weighted by Gasteiger charge is -2.41. The summed E-state index contributed by atoms with van der Waals surface area (Å²) >= 11 is 0. The summed E-state index contributed by atoms with van der Waals surface area (Å²) in [6.45, 7) is 2.31. The Morgan fingerprint density at radius 3 is 2.20 bits per heavy atom. The first kappa shape index (κ1) is 14.0. The van der Waals surface area contributed by atoms with Gasteiger partial charge in [0.15, 0.2) is 17.5 Å². The van der Waals surface area contributed by atoms with E-state index in [1.807, 2.05) is 0 Å². The van der Waals surface area contributed by atoms with E-state index in [0.29, 0.717) is 11.5 Å². The highest BCUT2D eigenvalue weighted by molar-refractivity contribution is 5.24. The molecule has 0 bridgehead atoms. The Morgan fingerprint density at radius 2 is 1.50 bits per heavy atom. The molecular formula is C17H25F3. The Bertz CT molecular complexity index is 484. The normalized spacial score (nSPS) is 33.8. The summed E-state index contributed by atoms with van der Waals surface area (Å²) < 4.78 is 39.8. The van der Waals surface area contributed by atoms with Crippen molar-refractivity contribution in [3.63, 3.8) is 0 Å². The summed E-state index contributed by atoms with van der Waals surface area (Å²) in [7, 11) is 0. The Balaban J connectivity index is 0.00000121. The van der Waals surface area contributed by atoms with Crippen molar-refractivity contribution in [2.24, 2.45) is 17.8 Å². The monoisotopic (exact) mass is 286 g/mol. The number of hydrogen-bond donors (Lipinski definition) is 0. The topological polar surface area (TPSA) is 0 Å². The van der Waals surface area contributed by atoms with Crippen LogP contribution >= 0.6 is 0 Å². The highest BCUT2D eigenvalue weighted by Gasteiger charge is 2.35. The molecule has 1 aromatic carbocycles. The van der Waals surface area contributed by atoms with Gasteiger partial charge in [0.1, 0.15) is 0 Å². The van der Waals surface area contributed by atoms with Crippen molar-refractivity contribution in [1.82, 2.24) is 0 Å². The van der Waals surface area contributed by atoms with Crippen LogP contribution in [-0.4, -0.2) is 0 Å². The maximum atomic E-state index is 13.4. The Kier molecular flexibility index (Phi) is 3.78. The van der Waals surface area contributed by atoms with Crippen LogP contribution in [0.1, 0.15) is 59.8 Å². The third-order valence-corrected chi connectivity index (χ3v) is 5.35. The molecule has 2 saturated carbocycles. The van der Waals surface area contributed by atoms with E-state index in [1.165, 1.54) is 31.4 Å². The second-order valence-corrected chi connectivity index (χ2v) is 6.75. The third kappa shape index (κ3) is 2.59. The van der Waals surface area contributed by atoms with Gasteiger partial charge in [-0.3, -0.25) is 0 Å². The van der Waals surface area contributed by atoms with Gasteiger partial charge < -0.3 is 0 Å². The molecular weight excluding hydrogens is 261 g/mol. The van der Waals surface area contributed by atoms with Gasteiger partial charge in [0.25, 0.3) is 0 Å². The highest BCUT2D eigenvalue weighted by Crippen LogP contribution is 2.47. The summed E-state index contributed by atoms with van der Waals surface area (Å²) in [6.07, 6.45) is 6.90. The van der Waals surface area contributed by atoms with Gasteiger partial charge in [0.2, 0.25) is 0 Å². The second-order valence-electron chi connectivity index (χ2n) is 6.75. The molecule has 1 aromatic rings. The molecule has 0 nitrogen and oxygen atoms in total.